The Morgan fingerprint density at radius 2 is 1.78 bits per heavy atom. The molecule has 0 aliphatic rings. The molecule has 0 radical (unpaired) electrons. The van der Waals surface area contributed by atoms with Crippen molar-refractivity contribution >= 4 is 41.5 Å². The fourth-order valence-electron chi connectivity index (χ4n) is 2.26. The molecular weight excluding hydrogens is 389 g/mol. The second kappa shape index (κ2) is 12.2. The lowest BCUT2D eigenvalue weighted by molar-refractivity contribution is -0.116. The Kier molecular flexibility index (Phi) is 10.3. The number of para-hydroxylation sites is 2. The van der Waals surface area contributed by atoms with Crippen molar-refractivity contribution < 1.29 is 14.3 Å². The molecular formula is C19H23Cl2N3O3. The van der Waals surface area contributed by atoms with E-state index in [1.54, 1.807) is 36.4 Å². The van der Waals surface area contributed by atoms with Crippen LogP contribution in [0.2, 0.25) is 5.02 Å². The molecule has 2 rings (SSSR count). The highest BCUT2D eigenvalue weighted by Crippen LogP contribution is 2.23. The fraction of sp³-hybridized carbons (Fsp3) is 0.263. The first-order valence-corrected chi connectivity index (χ1v) is 8.74. The van der Waals surface area contributed by atoms with Gasteiger partial charge in [0.05, 0.1) is 22.9 Å². The number of hydrogen-bond donors (Lipinski definition) is 3. The molecule has 0 unspecified atom stereocenters. The molecule has 2 aromatic carbocycles. The average Bonchev–Trinajstić information content (AvgIpc) is 2.65. The first kappa shape index (κ1) is 22.8. The summed E-state index contributed by atoms with van der Waals surface area (Å²) in [6.07, 6.45) is 0.793. The summed E-state index contributed by atoms with van der Waals surface area (Å²) in [5.41, 5.74) is 6.26. The highest BCUT2D eigenvalue weighted by molar-refractivity contribution is 6.32. The predicted molar refractivity (Wildman–Crippen MR) is 110 cm³/mol. The number of hydrogen-bond acceptors (Lipinski definition) is 4. The first-order chi connectivity index (χ1) is 12.6. The number of ether oxygens (including phenoxy) is 1. The van der Waals surface area contributed by atoms with E-state index in [9.17, 15) is 9.59 Å². The summed E-state index contributed by atoms with van der Waals surface area (Å²) in [5.74, 6) is 0.136. The lowest BCUT2D eigenvalue weighted by Crippen LogP contribution is -2.30. The summed E-state index contributed by atoms with van der Waals surface area (Å²) in [7, 11) is 0. The lowest BCUT2D eigenvalue weighted by atomic mass is 10.1. The van der Waals surface area contributed by atoms with Crippen molar-refractivity contribution in [1.82, 2.24) is 5.32 Å². The third kappa shape index (κ3) is 7.46. The van der Waals surface area contributed by atoms with Crippen LogP contribution in [0, 0.1) is 0 Å². The van der Waals surface area contributed by atoms with Crippen LogP contribution in [0.4, 0.5) is 5.69 Å². The predicted octanol–water partition coefficient (Wildman–Crippen LogP) is 3.25. The molecule has 0 saturated heterocycles. The Morgan fingerprint density at radius 3 is 2.52 bits per heavy atom. The highest BCUT2D eigenvalue weighted by Gasteiger charge is 2.12. The van der Waals surface area contributed by atoms with E-state index in [1.807, 2.05) is 12.1 Å². The van der Waals surface area contributed by atoms with Crippen LogP contribution in [0.25, 0.3) is 0 Å². The standard InChI is InChI=1S/C19H22ClN3O3.ClH/c20-15-7-2-4-9-17(15)26-13-5-10-18(24)23-16-8-3-1-6-14(16)19(25)22-12-11-21;/h1-4,6-9H,5,10-13,21H2,(H,22,25)(H,23,24);1H. The van der Waals surface area contributed by atoms with Crippen molar-refractivity contribution in [2.24, 2.45) is 5.73 Å². The van der Waals surface area contributed by atoms with Gasteiger partial charge in [-0.05, 0) is 30.7 Å². The minimum Gasteiger partial charge on any atom is -0.492 e. The third-order valence-electron chi connectivity index (χ3n) is 3.52. The normalized spacial score (nSPS) is 9.85. The van der Waals surface area contributed by atoms with E-state index < -0.39 is 0 Å². The van der Waals surface area contributed by atoms with Gasteiger partial charge in [-0.1, -0.05) is 35.9 Å². The fourth-order valence-corrected chi connectivity index (χ4v) is 2.45. The number of carbonyl (C=O) groups is 2. The Labute approximate surface area is 169 Å². The number of benzene rings is 2. The molecule has 0 aliphatic carbocycles. The first-order valence-electron chi connectivity index (χ1n) is 8.36. The molecule has 8 heteroatoms. The van der Waals surface area contributed by atoms with E-state index in [-0.39, 0.29) is 30.6 Å². The molecule has 2 aromatic rings. The Morgan fingerprint density at radius 1 is 1.07 bits per heavy atom. The van der Waals surface area contributed by atoms with Crippen LogP contribution in [-0.4, -0.2) is 31.5 Å². The van der Waals surface area contributed by atoms with Gasteiger partial charge in [0.25, 0.3) is 5.91 Å². The van der Waals surface area contributed by atoms with E-state index in [4.69, 9.17) is 22.1 Å². The maximum absolute atomic E-state index is 12.1. The van der Waals surface area contributed by atoms with Gasteiger partial charge in [-0.25, -0.2) is 0 Å². The van der Waals surface area contributed by atoms with Gasteiger partial charge >= 0.3 is 0 Å². The SMILES string of the molecule is Cl.NCCNC(=O)c1ccccc1NC(=O)CCCOc1ccccc1Cl. The zero-order valence-electron chi connectivity index (χ0n) is 14.7. The number of amides is 2. The molecule has 27 heavy (non-hydrogen) atoms. The second-order valence-corrected chi connectivity index (χ2v) is 5.93. The van der Waals surface area contributed by atoms with E-state index in [1.165, 1.54) is 0 Å². The second-order valence-electron chi connectivity index (χ2n) is 5.52. The molecule has 6 nitrogen and oxygen atoms in total. The van der Waals surface area contributed by atoms with Crippen LogP contribution in [0.1, 0.15) is 23.2 Å². The summed E-state index contributed by atoms with van der Waals surface area (Å²) in [6.45, 7) is 1.10. The number of rotatable bonds is 9. The number of nitrogens with one attached hydrogen (secondary N) is 2. The average molecular weight is 412 g/mol. The Bertz CT molecular complexity index is 756. The van der Waals surface area contributed by atoms with Crippen molar-refractivity contribution in [3.63, 3.8) is 0 Å². The van der Waals surface area contributed by atoms with Gasteiger partial charge in [0.1, 0.15) is 5.75 Å². The topological polar surface area (TPSA) is 93.5 Å². The van der Waals surface area contributed by atoms with Crippen molar-refractivity contribution in [2.75, 3.05) is 25.0 Å². The summed E-state index contributed by atoms with van der Waals surface area (Å²) < 4.78 is 5.56. The largest absolute Gasteiger partial charge is 0.492 e. The molecule has 0 heterocycles. The molecule has 0 bridgehead atoms. The molecule has 4 N–H and O–H groups in total. The van der Waals surface area contributed by atoms with Gasteiger partial charge in [0.2, 0.25) is 5.91 Å². The van der Waals surface area contributed by atoms with Crippen LogP contribution in [0.5, 0.6) is 5.75 Å². The molecule has 2 amide bonds. The van der Waals surface area contributed by atoms with Gasteiger partial charge in [-0.2, -0.15) is 0 Å². The summed E-state index contributed by atoms with van der Waals surface area (Å²) in [6, 6.07) is 14.0. The molecule has 0 spiro atoms. The number of halogens is 2. The molecule has 146 valence electrons. The lowest BCUT2D eigenvalue weighted by Gasteiger charge is -2.11. The number of carbonyl (C=O) groups excluding carboxylic acids is 2. The zero-order chi connectivity index (χ0) is 18.8. The molecule has 0 fully saturated rings. The van der Waals surface area contributed by atoms with Gasteiger partial charge in [-0.15, -0.1) is 12.4 Å². The van der Waals surface area contributed by atoms with E-state index in [0.29, 0.717) is 48.1 Å². The van der Waals surface area contributed by atoms with E-state index in [0.717, 1.165) is 0 Å². The molecule has 0 aliphatic heterocycles. The molecule has 0 saturated carbocycles. The molecule has 0 aromatic heterocycles. The van der Waals surface area contributed by atoms with Crippen molar-refractivity contribution in [3.05, 3.63) is 59.1 Å². The van der Waals surface area contributed by atoms with Crippen molar-refractivity contribution in [1.29, 1.82) is 0 Å². The Balaban J connectivity index is 0.00000364. The van der Waals surface area contributed by atoms with E-state index >= 15 is 0 Å². The summed E-state index contributed by atoms with van der Waals surface area (Å²) in [4.78, 5) is 24.2. The summed E-state index contributed by atoms with van der Waals surface area (Å²) in [5, 5.41) is 5.99. The monoisotopic (exact) mass is 411 g/mol. The minimum atomic E-state index is -0.270. The maximum Gasteiger partial charge on any atom is 0.253 e. The zero-order valence-corrected chi connectivity index (χ0v) is 16.3. The smallest absolute Gasteiger partial charge is 0.253 e. The Hall–Kier alpha value is -2.28. The van der Waals surface area contributed by atoms with E-state index in [2.05, 4.69) is 10.6 Å². The van der Waals surface area contributed by atoms with Gasteiger partial charge < -0.3 is 21.1 Å². The summed E-state index contributed by atoms with van der Waals surface area (Å²) >= 11 is 6.01. The van der Waals surface area contributed by atoms with Crippen molar-refractivity contribution in [3.8, 4) is 5.75 Å². The molecule has 0 atom stereocenters. The van der Waals surface area contributed by atoms with Crippen LogP contribution in [0.15, 0.2) is 48.5 Å². The highest BCUT2D eigenvalue weighted by atomic mass is 35.5. The van der Waals surface area contributed by atoms with Crippen LogP contribution < -0.4 is 21.1 Å². The van der Waals surface area contributed by atoms with Gasteiger partial charge in [-0.3, -0.25) is 9.59 Å². The van der Waals surface area contributed by atoms with Gasteiger partial charge in [0, 0.05) is 19.5 Å². The van der Waals surface area contributed by atoms with Crippen LogP contribution in [0.3, 0.4) is 0 Å². The van der Waals surface area contributed by atoms with Crippen LogP contribution in [-0.2, 0) is 4.79 Å². The maximum atomic E-state index is 12.1. The number of anilines is 1. The quantitative estimate of drug-likeness (QED) is 0.552. The third-order valence-corrected chi connectivity index (χ3v) is 3.83. The van der Waals surface area contributed by atoms with Crippen LogP contribution >= 0.6 is 24.0 Å². The van der Waals surface area contributed by atoms with Gasteiger partial charge in [0.15, 0.2) is 0 Å². The minimum absolute atomic E-state index is 0. The number of nitrogens with two attached hydrogens (primary N) is 1. The van der Waals surface area contributed by atoms with Crippen molar-refractivity contribution in [2.45, 2.75) is 12.8 Å².